The molecule has 1 aromatic carbocycles. The third-order valence-corrected chi connectivity index (χ3v) is 5.30. The van der Waals surface area contributed by atoms with Crippen molar-refractivity contribution in [2.45, 2.75) is 32.1 Å². The number of carbonyl (C=O) groups excluding carboxylic acids is 1. The van der Waals surface area contributed by atoms with Crippen molar-refractivity contribution in [2.75, 3.05) is 6.54 Å². The van der Waals surface area contributed by atoms with Gasteiger partial charge in [0.05, 0.1) is 5.69 Å². The molecular formula is C20H19FN4OS. The minimum absolute atomic E-state index is 0.184. The van der Waals surface area contributed by atoms with E-state index in [0.29, 0.717) is 24.6 Å². The molecule has 1 aliphatic carbocycles. The van der Waals surface area contributed by atoms with Gasteiger partial charge in [-0.05, 0) is 50.1 Å². The lowest BCUT2D eigenvalue weighted by Crippen LogP contribution is -2.27. The van der Waals surface area contributed by atoms with Crippen molar-refractivity contribution >= 4 is 17.2 Å². The Morgan fingerprint density at radius 3 is 2.74 bits per heavy atom. The van der Waals surface area contributed by atoms with Crippen LogP contribution in [-0.2, 0) is 6.42 Å². The van der Waals surface area contributed by atoms with Gasteiger partial charge in [-0.3, -0.25) is 4.79 Å². The number of hydrogen-bond donors (Lipinski definition) is 1. The molecule has 27 heavy (non-hydrogen) atoms. The third kappa shape index (κ3) is 4.36. The van der Waals surface area contributed by atoms with Gasteiger partial charge in [-0.1, -0.05) is 0 Å². The molecule has 1 N–H and O–H groups in total. The number of amides is 1. The average Bonchev–Trinajstić information content (AvgIpc) is 3.41. The van der Waals surface area contributed by atoms with E-state index in [9.17, 15) is 9.18 Å². The summed E-state index contributed by atoms with van der Waals surface area (Å²) in [5.41, 5.74) is 3.04. The molecule has 138 valence electrons. The van der Waals surface area contributed by atoms with Gasteiger partial charge in [-0.2, -0.15) is 0 Å². The molecule has 2 aromatic heterocycles. The maximum absolute atomic E-state index is 13.0. The van der Waals surface area contributed by atoms with E-state index in [1.54, 1.807) is 18.2 Å². The van der Waals surface area contributed by atoms with E-state index >= 15 is 0 Å². The van der Waals surface area contributed by atoms with E-state index in [-0.39, 0.29) is 11.7 Å². The zero-order chi connectivity index (χ0) is 18.8. The van der Waals surface area contributed by atoms with Crippen molar-refractivity contribution in [3.05, 3.63) is 64.4 Å². The van der Waals surface area contributed by atoms with Gasteiger partial charge in [-0.15, -0.1) is 11.3 Å². The SMILES string of the molecule is Cc1cc(C(=O)NCCc2csc(-c3ccc(F)cc3)n2)nc(C2CC2)n1. The fourth-order valence-electron chi connectivity index (χ4n) is 2.77. The molecule has 0 spiro atoms. The van der Waals surface area contributed by atoms with E-state index < -0.39 is 0 Å². The summed E-state index contributed by atoms with van der Waals surface area (Å²) >= 11 is 1.51. The van der Waals surface area contributed by atoms with Crippen molar-refractivity contribution in [1.29, 1.82) is 0 Å². The topological polar surface area (TPSA) is 67.8 Å². The number of benzene rings is 1. The van der Waals surface area contributed by atoms with E-state index in [2.05, 4.69) is 20.3 Å². The van der Waals surface area contributed by atoms with Crippen molar-refractivity contribution < 1.29 is 9.18 Å². The zero-order valence-electron chi connectivity index (χ0n) is 14.9. The molecule has 0 bridgehead atoms. The largest absolute Gasteiger partial charge is 0.350 e. The highest BCUT2D eigenvalue weighted by molar-refractivity contribution is 7.13. The summed E-state index contributed by atoms with van der Waals surface area (Å²) in [7, 11) is 0. The van der Waals surface area contributed by atoms with Crippen LogP contribution in [0.15, 0.2) is 35.7 Å². The number of aromatic nitrogens is 3. The summed E-state index contributed by atoms with van der Waals surface area (Å²) in [6.45, 7) is 2.36. The minimum Gasteiger partial charge on any atom is -0.350 e. The first-order chi connectivity index (χ1) is 13.1. The van der Waals surface area contributed by atoms with Crippen LogP contribution in [0.3, 0.4) is 0 Å². The first-order valence-corrected chi connectivity index (χ1v) is 9.80. The van der Waals surface area contributed by atoms with E-state index in [0.717, 1.165) is 40.6 Å². The van der Waals surface area contributed by atoms with E-state index in [1.807, 2.05) is 12.3 Å². The monoisotopic (exact) mass is 382 g/mol. The normalized spacial score (nSPS) is 13.6. The highest BCUT2D eigenvalue weighted by Gasteiger charge is 2.27. The molecular weight excluding hydrogens is 363 g/mol. The molecule has 1 amide bonds. The third-order valence-electron chi connectivity index (χ3n) is 4.36. The van der Waals surface area contributed by atoms with Crippen LogP contribution >= 0.6 is 11.3 Å². The minimum atomic E-state index is -0.261. The van der Waals surface area contributed by atoms with Gasteiger partial charge in [0, 0.05) is 35.5 Å². The molecule has 0 atom stereocenters. The van der Waals surface area contributed by atoms with Crippen LogP contribution in [0.1, 0.15) is 46.5 Å². The quantitative estimate of drug-likeness (QED) is 0.702. The number of thiazole rings is 1. The highest BCUT2D eigenvalue weighted by atomic mass is 32.1. The van der Waals surface area contributed by atoms with Gasteiger partial charge in [0.2, 0.25) is 0 Å². The predicted octanol–water partition coefficient (Wildman–Crippen LogP) is 3.90. The molecule has 1 saturated carbocycles. The Balaban J connectivity index is 1.35. The zero-order valence-corrected chi connectivity index (χ0v) is 15.7. The summed E-state index contributed by atoms with van der Waals surface area (Å²) < 4.78 is 13.0. The highest BCUT2D eigenvalue weighted by Crippen LogP contribution is 2.38. The number of halogens is 1. The molecule has 0 saturated heterocycles. The maximum Gasteiger partial charge on any atom is 0.270 e. The second-order valence-corrected chi connectivity index (χ2v) is 7.54. The molecule has 2 heterocycles. The van der Waals surface area contributed by atoms with Crippen molar-refractivity contribution in [3.8, 4) is 10.6 Å². The standard InChI is InChI=1S/C20H19FN4OS/c1-12-10-17(25-18(23-12)13-2-3-13)19(26)22-9-8-16-11-27-20(24-16)14-4-6-15(21)7-5-14/h4-7,10-11,13H,2-3,8-9H2,1H3,(H,22,26). The van der Waals surface area contributed by atoms with Crippen molar-refractivity contribution in [2.24, 2.45) is 0 Å². The number of rotatable bonds is 6. The van der Waals surface area contributed by atoms with Crippen LogP contribution in [-0.4, -0.2) is 27.4 Å². The Hall–Kier alpha value is -2.67. The molecule has 3 aromatic rings. The number of nitrogens with one attached hydrogen (secondary N) is 1. The second-order valence-electron chi connectivity index (χ2n) is 6.68. The number of carbonyl (C=O) groups is 1. The van der Waals surface area contributed by atoms with Gasteiger partial charge < -0.3 is 5.32 Å². The molecule has 1 aliphatic rings. The van der Waals surface area contributed by atoms with Gasteiger partial charge in [0.1, 0.15) is 22.3 Å². The molecule has 0 unspecified atom stereocenters. The lowest BCUT2D eigenvalue weighted by Gasteiger charge is -2.06. The fraction of sp³-hybridized carbons (Fsp3) is 0.300. The van der Waals surface area contributed by atoms with Crippen molar-refractivity contribution in [3.63, 3.8) is 0 Å². The molecule has 0 aliphatic heterocycles. The van der Waals surface area contributed by atoms with Gasteiger partial charge in [0.15, 0.2) is 0 Å². The maximum atomic E-state index is 13.0. The van der Waals surface area contributed by atoms with E-state index in [1.165, 1.54) is 23.5 Å². The molecule has 7 heteroatoms. The number of aryl methyl sites for hydroxylation is 1. The lowest BCUT2D eigenvalue weighted by molar-refractivity contribution is 0.0948. The smallest absolute Gasteiger partial charge is 0.270 e. The lowest BCUT2D eigenvalue weighted by atomic mass is 10.2. The molecule has 1 fully saturated rings. The summed E-state index contributed by atoms with van der Waals surface area (Å²) in [5.74, 6) is 0.749. The van der Waals surface area contributed by atoms with Crippen LogP contribution in [0, 0.1) is 12.7 Å². The Bertz CT molecular complexity index is 966. The first-order valence-electron chi connectivity index (χ1n) is 8.92. The van der Waals surface area contributed by atoms with Gasteiger partial charge >= 0.3 is 0 Å². The molecule has 5 nitrogen and oxygen atoms in total. The summed E-state index contributed by atoms with van der Waals surface area (Å²) in [4.78, 5) is 25.8. The summed E-state index contributed by atoms with van der Waals surface area (Å²) in [6, 6.07) is 8.01. The average molecular weight is 382 g/mol. The Kier molecular flexibility index (Phi) is 4.94. The van der Waals surface area contributed by atoms with Crippen LogP contribution in [0.4, 0.5) is 4.39 Å². The Labute approximate surface area is 160 Å². The van der Waals surface area contributed by atoms with Crippen LogP contribution in [0.25, 0.3) is 10.6 Å². The summed E-state index contributed by atoms with van der Waals surface area (Å²) in [5, 5.41) is 5.71. The van der Waals surface area contributed by atoms with Gasteiger partial charge in [0.25, 0.3) is 5.91 Å². The molecule has 0 radical (unpaired) electrons. The first kappa shape index (κ1) is 17.7. The second kappa shape index (κ2) is 7.52. The Morgan fingerprint density at radius 1 is 1.22 bits per heavy atom. The Morgan fingerprint density at radius 2 is 2.00 bits per heavy atom. The molecule has 4 rings (SSSR count). The van der Waals surface area contributed by atoms with Gasteiger partial charge in [-0.25, -0.2) is 19.3 Å². The van der Waals surface area contributed by atoms with Crippen LogP contribution < -0.4 is 5.32 Å². The van der Waals surface area contributed by atoms with Crippen LogP contribution in [0.2, 0.25) is 0 Å². The number of nitrogens with zero attached hydrogens (tertiary/aromatic N) is 3. The van der Waals surface area contributed by atoms with E-state index in [4.69, 9.17) is 0 Å². The summed E-state index contributed by atoms with van der Waals surface area (Å²) in [6.07, 6.45) is 2.83. The van der Waals surface area contributed by atoms with Crippen molar-refractivity contribution in [1.82, 2.24) is 20.3 Å². The fourth-order valence-corrected chi connectivity index (χ4v) is 3.63. The number of hydrogen-bond acceptors (Lipinski definition) is 5. The van der Waals surface area contributed by atoms with Crippen LogP contribution in [0.5, 0.6) is 0 Å². The predicted molar refractivity (Wildman–Crippen MR) is 102 cm³/mol.